The van der Waals surface area contributed by atoms with E-state index in [9.17, 15) is 4.79 Å². The second-order valence-corrected chi connectivity index (χ2v) is 9.41. The molecule has 5 rings (SSSR count). The monoisotopic (exact) mass is 428 g/mol. The average Bonchev–Trinajstić information content (AvgIpc) is 3.55. The van der Waals surface area contributed by atoms with E-state index in [0.29, 0.717) is 25.0 Å². The molecule has 2 fully saturated rings. The van der Waals surface area contributed by atoms with Gasteiger partial charge in [0, 0.05) is 31.1 Å². The summed E-state index contributed by atoms with van der Waals surface area (Å²) in [5, 5.41) is 9.77. The summed E-state index contributed by atoms with van der Waals surface area (Å²) < 4.78 is 13.8. The Morgan fingerprint density at radius 1 is 1.10 bits per heavy atom. The zero-order valence-corrected chi connectivity index (χ0v) is 18.2. The van der Waals surface area contributed by atoms with Crippen LogP contribution in [0.2, 0.25) is 0 Å². The molecule has 3 aliphatic rings. The molecule has 1 saturated carbocycles. The van der Waals surface area contributed by atoms with Gasteiger partial charge in [-0.25, -0.2) is 0 Å². The lowest BCUT2D eigenvalue weighted by Gasteiger charge is -2.30. The molecule has 0 spiro atoms. The van der Waals surface area contributed by atoms with Gasteiger partial charge in [0.1, 0.15) is 0 Å². The van der Waals surface area contributed by atoms with Gasteiger partial charge in [-0.1, -0.05) is 18.7 Å². The number of piperidine rings is 1. The van der Waals surface area contributed by atoms with Crippen LogP contribution in [0, 0.1) is 5.92 Å². The highest BCUT2D eigenvalue weighted by molar-refractivity contribution is 7.99. The molecule has 2 aromatic rings. The van der Waals surface area contributed by atoms with E-state index in [0.717, 1.165) is 79.2 Å². The molecular formula is C22H28N4O3S. The first-order valence-electron chi connectivity index (χ1n) is 10.9. The van der Waals surface area contributed by atoms with Crippen LogP contribution in [0.3, 0.4) is 0 Å². The fraction of sp³-hybridized carbons (Fsp3) is 0.591. The molecule has 0 radical (unpaired) electrons. The highest BCUT2D eigenvalue weighted by atomic mass is 32.2. The van der Waals surface area contributed by atoms with Gasteiger partial charge in [0.2, 0.25) is 5.91 Å². The molecule has 3 heterocycles. The molecule has 1 aromatic carbocycles. The fourth-order valence-corrected chi connectivity index (χ4v) is 4.92. The molecule has 160 valence electrons. The Labute approximate surface area is 181 Å². The summed E-state index contributed by atoms with van der Waals surface area (Å²) in [4.78, 5) is 14.7. The molecule has 1 aliphatic carbocycles. The van der Waals surface area contributed by atoms with Crippen molar-refractivity contribution in [2.45, 2.75) is 50.2 Å². The Morgan fingerprint density at radius 3 is 2.63 bits per heavy atom. The van der Waals surface area contributed by atoms with E-state index in [-0.39, 0.29) is 5.91 Å². The molecule has 2 aliphatic heterocycles. The van der Waals surface area contributed by atoms with E-state index in [2.05, 4.69) is 21.7 Å². The first-order valence-corrected chi connectivity index (χ1v) is 11.9. The van der Waals surface area contributed by atoms with E-state index < -0.39 is 0 Å². The predicted octanol–water partition coefficient (Wildman–Crippen LogP) is 3.79. The van der Waals surface area contributed by atoms with E-state index in [1.54, 1.807) is 0 Å². The maximum absolute atomic E-state index is 12.7. The van der Waals surface area contributed by atoms with Crippen LogP contribution in [-0.4, -0.2) is 57.6 Å². The number of carbonyl (C=O) groups is 1. The summed E-state index contributed by atoms with van der Waals surface area (Å²) in [6.45, 7) is 5.34. The van der Waals surface area contributed by atoms with Gasteiger partial charge < -0.3 is 14.4 Å². The number of amides is 1. The van der Waals surface area contributed by atoms with Gasteiger partial charge in [0.05, 0.1) is 19.0 Å². The molecule has 7 nitrogen and oxygen atoms in total. The van der Waals surface area contributed by atoms with Crippen LogP contribution in [-0.2, 0) is 4.79 Å². The van der Waals surface area contributed by atoms with Crippen LogP contribution in [0.1, 0.15) is 45.1 Å². The minimum Gasteiger partial charge on any atom is -0.490 e. The summed E-state index contributed by atoms with van der Waals surface area (Å²) >= 11 is 1.51. The number of rotatable bonds is 5. The maximum Gasteiger partial charge on any atom is 0.233 e. The molecule has 0 unspecified atom stereocenters. The fourth-order valence-electron chi connectivity index (χ4n) is 4.01. The van der Waals surface area contributed by atoms with Crippen LogP contribution in [0.5, 0.6) is 11.5 Å². The Bertz CT molecular complexity index is 919. The topological polar surface area (TPSA) is 69.5 Å². The van der Waals surface area contributed by atoms with E-state index in [1.807, 2.05) is 23.1 Å². The summed E-state index contributed by atoms with van der Waals surface area (Å²) in [5.41, 5.74) is 0.974. The van der Waals surface area contributed by atoms with Crippen LogP contribution < -0.4 is 9.47 Å². The third-order valence-electron chi connectivity index (χ3n) is 6.04. The summed E-state index contributed by atoms with van der Waals surface area (Å²) in [7, 11) is 0. The van der Waals surface area contributed by atoms with Crippen LogP contribution >= 0.6 is 11.8 Å². The van der Waals surface area contributed by atoms with Crippen molar-refractivity contribution in [3.63, 3.8) is 0 Å². The lowest BCUT2D eigenvalue weighted by Crippen LogP contribution is -2.38. The number of nitrogens with zero attached hydrogens (tertiary/aromatic N) is 4. The van der Waals surface area contributed by atoms with Crippen molar-refractivity contribution < 1.29 is 14.3 Å². The Morgan fingerprint density at radius 2 is 1.87 bits per heavy atom. The van der Waals surface area contributed by atoms with Crippen molar-refractivity contribution in [3.05, 3.63) is 18.2 Å². The van der Waals surface area contributed by atoms with Crippen molar-refractivity contribution in [2.24, 2.45) is 5.92 Å². The van der Waals surface area contributed by atoms with Crippen molar-refractivity contribution in [3.8, 4) is 22.9 Å². The molecule has 0 bridgehead atoms. The quantitative estimate of drug-likeness (QED) is 0.675. The summed E-state index contributed by atoms with van der Waals surface area (Å²) in [5.74, 6) is 3.73. The molecule has 0 N–H and O–H groups in total. The van der Waals surface area contributed by atoms with Gasteiger partial charge >= 0.3 is 0 Å². The van der Waals surface area contributed by atoms with Crippen molar-refractivity contribution in [1.82, 2.24) is 19.7 Å². The van der Waals surface area contributed by atoms with Gasteiger partial charge in [0.25, 0.3) is 0 Å². The van der Waals surface area contributed by atoms with E-state index in [4.69, 9.17) is 9.47 Å². The van der Waals surface area contributed by atoms with Crippen LogP contribution in [0.4, 0.5) is 0 Å². The first kappa shape index (κ1) is 19.7. The predicted molar refractivity (Wildman–Crippen MR) is 115 cm³/mol. The molecule has 8 heteroatoms. The zero-order valence-electron chi connectivity index (χ0n) is 17.4. The second-order valence-electron chi connectivity index (χ2n) is 8.47. The maximum atomic E-state index is 12.7. The SMILES string of the molecule is CC1CCN(C(=O)CSc2nnc(-c3ccc4c(c3)OCCCO4)n2C2CC2)CC1. The van der Waals surface area contributed by atoms with E-state index >= 15 is 0 Å². The minimum atomic E-state index is 0.203. The molecule has 1 amide bonds. The summed E-state index contributed by atoms with van der Waals surface area (Å²) in [6.07, 6.45) is 5.33. The zero-order chi connectivity index (χ0) is 20.5. The normalized spacial score (nSPS) is 19.6. The van der Waals surface area contributed by atoms with Gasteiger partial charge in [0.15, 0.2) is 22.5 Å². The van der Waals surface area contributed by atoms with Crippen LogP contribution in [0.25, 0.3) is 11.4 Å². The molecular weight excluding hydrogens is 400 g/mol. The van der Waals surface area contributed by atoms with Crippen molar-refractivity contribution >= 4 is 17.7 Å². The Kier molecular flexibility index (Phi) is 5.58. The molecule has 30 heavy (non-hydrogen) atoms. The summed E-state index contributed by atoms with van der Waals surface area (Å²) in [6, 6.07) is 6.39. The second kappa shape index (κ2) is 8.49. The third kappa shape index (κ3) is 4.15. The molecule has 0 atom stereocenters. The molecule has 1 saturated heterocycles. The number of benzene rings is 1. The number of likely N-dealkylation sites (tertiary alicyclic amines) is 1. The van der Waals surface area contributed by atoms with Crippen LogP contribution in [0.15, 0.2) is 23.4 Å². The van der Waals surface area contributed by atoms with Gasteiger partial charge in [-0.15, -0.1) is 10.2 Å². The largest absolute Gasteiger partial charge is 0.490 e. The number of aromatic nitrogens is 3. The standard InChI is InChI=1S/C22H28N4O3S/c1-15-7-9-25(10-8-15)20(27)14-30-22-24-23-21(26(22)17-4-5-17)16-3-6-18-19(13-16)29-12-2-11-28-18/h3,6,13,15,17H,2,4-5,7-12,14H2,1H3. The smallest absolute Gasteiger partial charge is 0.233 e. The number of thioether (sulfide) groups is 1. The average molecular weight is 429 g/mol. The third-order valence-corrected chi connectivity index (χ3v) is 6.97. The minimum absolute atomic E-state index is 0.203. The number of fused-ring (bicyclic) bond motifs is 1. The van der Waals surface area contributed by atoms with E-state index in [1.165, 1.54) is 11.8 Å². The van der Waals surface area contributed by atoms with Gasteiger partial charge in [-0.05, 0) is 49.8 Å². The number of hydrogen-bond acceptors (Lipinski definition) is 6. The first-order chi connectivity index (χ1) is 14.7. The number of hydrogen-bond donors (Lipinski definition) is 0. The van der Waals surface area contributed by atoms with Gasteiger partial charge in [-0.2, -0.15) is 0 Å². The highest BCUT2D eigenvalue weighted by Gasteiger charge is 2.31. The number of carbonyl (C=O) groups excluding carboxylic acids is 1. The van der Waals surface area contributed by atoms with Crippen molar-refractivity contribution in [2.75, 3.05) is 32.1 Å². The lowest BCUT2D eigenvalue weighted by atomic mass is 9.99. The van der Waals surface area contributed by atoms with Crippen molar-refractivity contribution in [1.29, 1.82) is 0 Å². The number of ether oxygens (including phenoxy) is 2. The lowest BCUT2D eigenvalue weighted by molar-refractivity contribution is -0.129. The molecule has 1 aromatic heterocycles. The van der Waals surface area contributed by atoms with Gasteiger partial charge in [-0.3, -0.25) is 9.36 Å². The highest BCUT2D eigenvalue weighted by Crippen LogP contribution is 2.42. The Balaban J connectivity index is 1.33. The Hall–Kier alpha value is -2.22.